The molecule has 1 saturated carbocycles. The minimum absolute atomic E-state index is 0.383. The van der Waals surface area contributed by atoms with Gasteiger partial charge in [-0.15, -0.1) is 0 Å². The van der Waals surface area contributed by atoms with Crippen molar-refractivity contribution in [2.24, 2.45) is 5.92 Å². The molecule has 0 aromatic heterocycles. The smallest absolute Gasteiger partial charge is 0.0774 e. The van der Waals surface area contributed by atoms with E-state index in [4.69, 9.17) is 0 Å². The highest BCUT2D eigenvalue weighted by Gasteiger charge is 2.37. The molecule has 3 aliphatic rings. The molecule has 0 amide bonds. The molecule has 2 saturated heterocycles. The predicted octanol–water partition coefficient (Wildman–Crippen LogP) is 2.10. The van der Waals surface area contributed by atoms with Crippen LogP contribution in [0.25, 0.3) is 0 Å². The van der Waals surface area contributed by atoms with Crippen LogP contribution < -0.4 is 0 Å². The normalized spacial score (nSPS) is 42.0. The van der Waals surface area contributed by atoms with E-state index in [1.807, 2.05) is 0 Å². The zero-order chi connectivity index (χ0) is 13.3. The minimum atomic E-state index is -0.383. The molecule has 2 heterocycles. The number of hydrogen-bond acceptors (Lipinski definition) is 3. The van der Waals surface area contributed by atoms with Crippen molar-refractivity contribution >= 4 is 0 Å². The van der Waals surface area contributed by atoms with Gasteiger partial charge in [0.2, 0.25) is 0 Å². The second kappa shape index (κ2) is 5.71. The molecule has 0 spiro atoms. The molecule has 1 unspecified atom stereocenters. The maximum absolute atomic E-state index is 10.7. The van der Waals surface area contributed by atoms with Crippen LogP contribution in [-0.2, 0) is 0 Å². The molecule has 2 aliphatic heterocycles. The molecular weight excluding hydrogens is 236 g/mol. The first kappa shape index (κ1) is 13.8. The summed E-state index contributed by atoms with van der Waals surface area (Å²) in [6.07, 6.45) is 8.53. The van der Waals surface area contributed by atoms with Crippen molar-refractivity contribution in [3.05, 3.63) is 0 Å². The third-order valence-electron chi connectivity index (χ3n) is 5.63. The monoisotopic (exact) mass is 266 g/mol. The van der Waals surface area contributed by atoms with Crippen molar-refractivity contribution in [2.75, 3.05) is 32.7 Å². The van der Waals surface area contributed by atoms with Crippen molar-refractivity contribution < 1.29 is 5.11 Å². The van der Waals surface area contributed by atoms with Crippen molar-refractivity contribution in [3.63, 3.8) is 0 Å². The van der Waals surface area contributed by atoms with Gasteiger partial charge in [0, 0.05) is 19.1 Å². The van der Waals surface area contributed by atoms with Crippen molar-refractivity contribution in [3.8, 4) is 0 Å². The highest BCUT2D eigenvalue weighted by Crippen LogP contribution is 2.33. The van der Waals surface area contributed by atoms with E-state index in [9.17, 15) is 5.11 Å². The highest BCUT2D eigenvalue weighted by atomic mass is 16.3. The molecule has 110 valence electrons. The third-order valence-corrected chi connectivity index (χ3v) is 5.63. The summed E-state index contributed by atoms with van der Waals surface area (Å²) in [5.41, 5.74) is -0.383. The predicted molar refractivity (Wildman–Crippen MR) is 78.2 cm³/mol. The number of rotatable bonds is 3. The third kappa shape index (κ3) is 3.32. The van der Waals surface area contributed by atoms with Crippen LogP contribution in [0, 0.1) is 5.92 Å². The van der Waals surface area contributed by atoms with Crippen molar-refractivity contribution in [1.82, 2.24) is 9.80 Å². The molecule has 3 fully saturated rings. The molecular formula is C16H30N2O. The Bertz CT molecular complexity index is 293. The first-order valence-corrected chi connectivity index (χ1v) is 8.33. The summed E-state index contributed by atoms with van der Waals surface area (Å²) in [6.45, 7) is 8.24. The number of nitrogens with zero attached hydrogens (tertiary/aromatic N) is 2. The van der Waals surface area contributed by atoms with Gasteiger partial charge in [0.1, 0.15) is 0 Å². The zero-order valence-electron chi connectivity index (χ0n) is 12.5. The van der Waals surface area contributed by atoms with Gasteiger partial charge in [-0.25, -0.2) is 0 Å². The summed E-state index contributed by atoms with van der Waals surface area (Å²) in [5, 5.41) is 10.7. The van der Waals surface area contributed by atoms with Gasteiger partial charge in [0.15, 0.2) is 0 Å². The van der Waals surface area contributed by atoms with E-state index in [0.29, 0.717) is 0 Å². The number of likely N-dealkylation sites (tertiary alicyclic amines) is 2. The van der Waals surface area contributed by atoms with E-state index in [2.05, 4.69) is 16.7 Å². The summed E-state index contributed by atoms with van der Waals surface area (Å²) in [6, 6.07) is 0.772. The first-order chi connectivity index (χ1) is 9.15. The van der Waals surface area contributed by atoms with Gasteiger partial charge < -0.3 is 5.11 Å². The van der Waals surface area contributed by atoms with Crippen LogP contribution in [-0.4, -0.2) is 59.3 Å². The van der Waals surface area contributed by atoms with Crippen molar-refractivity contribution in [2.45, 2.75) is 63.5 Å². The van der Waals surface area contributed by atoms with Gasteiger partial charge in [-0.3, -0.25) is 9.80 Å². The van der Waals surface area contributed by atoms with Crippen LogP contribution in [0.4, 0.5) is 0 Å². The van der Waals surface area contributed by atoms with Crippen LogP contribution in [0.1, 0.15) is 51.9 Å². The van der Waals surface area contributed by atoms with Crippen molar-refractivity contribution in [1.29, 1.82) is 0 Å². The molecule has 3 heteroatoms. The average molecular weight is 266 g/mol. The van der Waals surface area contributed by atoms with E-state index >= 15 is 0 Å². The molecule has 1 aliphatic carbocycles. The molecule has 3 rings (SSSR count). The second-order valence-electron chi connectivity index (χ2n) is 7.33. The maximum Gasteiger partial charge on any atom is 0.0774 e. The quantitative estimate of drug-likeness (QED) is 0.847. The van der Waals surface area contributed by atoms with Gasteiger partial charge in [-0.2, -0.15) is 0 Å². The van der Waals surface area contributed by atoms with Gasteiger partial charge in [0.25, 0.3) is 0 Å². The van der Waals surface area contributed by atoms with Crippen LogP contribution in [0.15, 0.2) is 0 Å². The lowest BCUT2D eigenvalue weighted by molar-refractivity contribution is -0.0316. The fraction of sp³-hybridized carbons (Fsp3) is 1.00. The molecule has 0 aromatic carbocycles. The lowest BCUT2D eigenvalue weighted by atomic mass is 9.79. The van der Waals surface area contributed by atoms with E-state index in [1.165, 1.54) is 58.3 Å². The maximum atomic E-state index is 10.7. The van der Waals surface area contributed by atoms with Gasteiger partial charge in [-0.1, -0.05) is 6.92 Å². The number of hydrogen-bond donors (Lipinski definition) is 1. The van der Waals surface area contributed by atoms with Gasteiger partial charge >= 0.3 is 0 Å². The van der Waals surface area contributed by atoms with Gasteiger partial charge in [0.05, 0.1) is 5.60 Å². The SMILES string of the molecule is CC1CCC(O)(CN2CCC(N3CCCC3)C2)CC1. The van der Waals surface area contributed by atoms with Crippen LogP contribution in [0.5, 0.6) is 0 Å². The highest BCUT2D eigenvalue weighted by molar-refractivity contribution is 4.92. The molecule has 3 nitrogen and oxygen atoms in total. The Kier molecular flexibility index (Phi) is 4.16. The Morgan fingerprint density at radius 2 is 1.74 bits per heavy atom. The standard InChI is InChI=1S/C16H30N2O/c1-14-4-7-16(19,8-5-14)13-17-11-6-15(12-17)18-9-2-3-10-18/h14-15,19H,2-13H2,1H3. The number of β-amino-alcohol motifs (C(OH)–C–C–N with tert-alkyl or cyclic N) is 1. The Hall–Kier alpha value is -0.120. The van der Waals surface area contributed by atoms with E-state index in [0.717, 1.165) is 31.3 Å². The molecule has 1 atom stereocenters. The topological polar surface area (TPSA) is 26.7 Å². The molecule has 0 radical (unpaired) electrons. The minimum Gasteiger partial charge on any atom is -0.389 e. The Balaban J connectivity index is 1.48. The summed E-state index contributed by atoms with van der Waals surface area (Å²) in [4.78, 5) is 5.20. The number of aliphatic hydroxyl groups is 1. The Labute approximate surface area is 118 Å². The van der Waals surface area contributed by atoms with Crippen LogP contribution >= 0.6 is 0 Å². The first-order valence-electron chi connectivity index (χ1n) is 8.33. The molecule has 1 N–H and O–H groups in total. The van der Waals surface area contributed by atoms with E-state index in [-0.39, 0.29) is 5.60 Å². The average Bonchev–Trinajstić information content (AvgIpc) is 3.03. The fourth-order valence-corrected chi connectivity index (χ4v) is 4.23. The Morgan fingerprint density at radius 1 is 1.05 bits per heavy atom. The van der Waals surface area contributed by atoms with E-state index < -0.39 is 0 Å². The summed E-state index contributed by atoms with van der Waals surface area (Å²) in [7, 11) is 0. The molecule has 0 bridgehead atoms. The lowest BCUT2D eigenvalue weighted by Crippen LogP contribution is -2.45. The largest absolute Gasteiger partial charge is 0.389 e. The van der Waals surface area contributed by atoms with Gasteiger partial charge in [-0.05, 0) is 70.5 Å². The zero-order valence-corrected chi connectivity index (χ0v) is 12.5. The summed E-state index contributed by atoms with van der Waals surface area (Å²) in [5.74, 6) is 0.816. The fourth-order valence-electron chi connectivity index (χ4n) is 4.23. The molecule has 19 heavy (non-hydrogen) atoms. The summed E-state index contributed by atoms with van der Waals surface area (Å²) >= 11 is 0. The van der Waals surface area contributed by atoms with Crippen LogP contribution in [0.2, 0.25) is 0 Å². The van der Waals surface area contributed by atoms with Crippen LogP contribution in [0.3, 0.4) is 0 Å². The van der Waals surface area contributed by atoms with E-state index in [1.54, 1.807) is 0 Å². The second-order valence-corrected chi connectivity index (χ2v) is 7.33. The Morgan fingerprint density at radius 3 is 2.42 bits per heavy atom. The molecule has 0 aromatic rings. The summed E-state index contributed by atoms with van der Waals surface area (Å²) < 4.78 is 0. The lowest BCUT2D eigenvalue weighted by Gasteiger charge is -2.38.